The lowest BCUT2D eigenvalue weighted by molar-refractivity contribution is -0.121. The molecule has 2 N–H and O–H groups in total. The minimum atomic E-state index is -1.02. The van der Waals surface area contributed by atoms with Crippen LogP contribution in [0.25, 0.3) is 0 Å². The average Bonchev–Trinajstić information content (AvgIpc) is 2.92. The summed E-state index contributed by atoms with van der Waals surface area (Å²) in [5, 5.41) is 11.7. The van der Waals surface area contributed by atoms with E-state index in [9.17, 15) is 19.2 Å². The molecule has 7 heteroatoms. The van der Waals surface area contributed by atoms with Gasteiger partial charge in [-0.15, -0.1) is 0 Å². The molecule has 0 aromatic heterocycles. The molecule has 2 aromatic carbocycles. The highest BCUT2D eigenvalue weighted by molar-refractivity contribution is 6.21. The van der Waals surface area contributed by atoms with Gasteiger partial charge in [0.15, 0.2) is 0 Å². The van der Waals surface area contributed by atoms with Gasteiger partial charge >= 0.3 is 5.97 Å². The van der Waals surface area contributed by atoms with Gasteiger partial charge in [0.1, 0.15) is 0 Å². The van der Waals surface area contributed by atoms with Crippen molar-refractivity contribution in [1.82, 2.24) is 10.2 Å². The van der Waals surface area contributed by atoms with Gasteiger partial charge in [0.05, 0.1) is 16.7 Å². The summed E-state index contributed by atoms with van der Waals surface area (Å²) in [4.78, 5) is 48.6. The summed E-state index contributed by atoms with van der Waals surface area (Å²) in [6.07, 6.45) is 0.512. The molecule has 0 saturated carbocycles. The number of imide groups is 1. The van der Waals surface area contributed by atoms with E-state index < -0.39 is 5.97 Å². The number of carboxylic acid groups (broad SMARTS) is 1. The first kappa shape index (κ1) is 18.3. The van der Waals surface area contributed by atoms with Gasteiger partial charge in [0, 0.05) is 19.5 Å². The quantitative estimate of drug-likeness (QED) is 0.730. The number of rotatable bonds is 7. The summed E-state index contributed by atoms with van der Waals surface area (Å²) in [6.45, 7) is 0.390. The van der Waals surface area contributed by atoms with E-state index >= 15 is 0 Å². The van der Waals surface area contributed by atoms with Crippen molar-refractivity contribution in [2.45, 2.75) is 19.4 Å². The number of nitrogens with zero attached hydrogens (tertiary/aromatic N) is 1. The topological polar surface area (TPSA) is 104 Å². The maximum absolute atomic E-state index is 12.2. The third kappa shape index (κ3) is 4.03. The predicted octanol–water partition coefficient (Wildman–Crippen LogP) is 2.08. The molecule has 27 heavy (non-hydrogen) atoms. The minimum absolute atomic E-state index is 0.159. The fourth-order valence-electron chi connectivity index (χ4n) is 2.94. The number of hydrogen-bond donors (Lipinski definition) is 2. The highest BCUT2D eigenvalue weighted by atomic mass is 16.4. The number of nitrogens with one attached hydrogen (secondary N) is 1. The molecule has 1 aliphatic rings. The Hall–Kier alpha value is -3.48. The number of fused-ring (bicyclic) bond motifs is 1. The molecule has 0 aliphatic carbocycles. The van der Waals surface area contributed by atoms with Gasteiger partial charge in [0.2, 0.25) is 5.91 Å². The second kappa shape index (κ2) is 7.82. The minimum Gasteiger partial charge on any atom is -0.478 e. The van der Waals surface area contributed by atoms with Gasteiger partial charge in [0.25, 0.3) is 11.8 Å². The molecular weight excluding hydrogens is 348 g/mol. The molecule has 0 bridgehead atoms. The summed E-state index contributed by atoms with van der Waals surface area (Å²) in [6, 6.07) is 13.0. The molecule has 0 spiro atoms. The molecule has 7 nitrogen and oxygen atoms in total. The molecular formula is C20H18N2O5. The van der Waals surface area contributed by atoms with Crippen molar-refractivity contribution >= 4 is 23.7 Å². The number of amides is 3. The zero-order valence-electron chi connectivity index (χ0n) is 14.5. The van der Waals surface area contributed by atoms with Crippen LogP contribution in [-0.4, -0.2) is 40.2 Å². The molecule has 3 amide bonds. The SMILES string of the molecule is O=C(CCCN1C(=O)c2ccccc2C1=O)NCc1cccc(C(=O)O)c1. The lowest BCUT2D eigenvalue weighted by Crippen LogP contribution is -2.32. The first-order chi connectivity index (χ1) is 13.0. The Labute approximate surface area is 155 Å². The Balaban J connectivity index is 1.47. The van der Waals surface area contributed by atoms with Crippen molar-refractivity contribution in [1.29, 1.82) is 0 Å². The van der Waals surface area contributed by atoms with Crippen LogP contribution in [0.5, 0.6) is 0 Å². The van der Waals surface area contributed by atoms with E-state index in [0.29, 0.717) is 23.1 Å². The van der Waals surface area contributed by atoms with Crippen molar-refractivity contribution in [3.8, 4) is 0 Å². The number of carbonyl (C=O) groups is 4. The predicted molar refractivity (Wildman–Crippen MR) is 96.3 cm³/mol. The largest absolute Gasteiger partial charge is 0.478 e. The molecule has 1 heterocycles. The van der Waals surface area contributed by atoms with Crippen LogP contribution in [0.15, 0.2) is 48.5 Å². The molecule has 3 rings (SSSR count). The van der Waals surface area contributed by atoms with E-state index in [1.54, 1.807) is 36.4 Å². The summed E-state index contributed by atoms with van der Waals surface area (Å²) >= 11 is 0. The summed E-state index contributed by atoms with van der Waals surface area (Å²) < 4.78 is 0. The molecule has 0 radical (unpaired) electrons. The molecule has 138 valence electrons. The molecule has 1 aliphatic heterocycles. The first-order valence-corrected chi connectivity index (χ1v) is 8.51. The first-order valence-electron chi connectivity index (χ1n) is 8.51. The highest BCUT2D eigenvalue weighted by Gasteiger charge is 2.34. The number of hydrogen-bond acceptors (Lipinski definition) is 4. The van der Waals surface area contributed by atoms with Crippen LogP contribution in [0, 0.1) is 0 Å². The maximum atomic E-state index is 12.2. The van der Waals surface area contributed by atoms with Gasteiger partial charge < -0.3 is 10.4 Å². The van der Waals surface area contributed by atoms with E-state index in [-0.39, 0.29) is 42.8 Å². The number of benzene rings is 2. The Morgan fingerprint density at radius 1 is 0.963 bits per heavy atom. The van der Waals surface area contributed by atoms with Crippen LogP contribution >= 0.6 is 0 Å². The highest BCUT2D eigenvalue weighted by Crippen LogP contribution is 2.22. The van der Waals surface area contributed by atoms with Gasteiger partial charge in [-0.25, -0.2) is 4.79 Å². The third-order valence-electron chi connectivity index (χ3n) is 4.33. The molecule has 0 unspecified atom stereocenters. The Morgan fingerprint density at radius 3 is 2.26 bits per heavy atom. The van der Waals surface area contributed by atoms with Crippen molar-refractivity contribution in [3.05, 3.63) is 70.8 Å². The normalized spacial score (nSPS) is 12.8. The fourth-order valence-corrected chi connectivity index (χ4v) is 2.94. The smallest absolute Gasteiger partial charge is 0.335 e. The molecule has 0 saturated heterocycles. The molecule has 2 aromatic rings. The standard InChI is InChI=1S/C20H18N2O5/c23-17(21-12-13-5-3-6-14(11-13)20(26)27)9-4-10-22-18(24)15-7-1-2-8-16(15)19(22)25/h1-3,5-8,11H,4,9-10,12H2,(H,21,23)(H,26,27). The van der Waals surface area contributed by atoms with Gasteiger partial charge in [-0.1, -0.05) is 24.3 Å². The van der Waals surface area contributed by atoms with E-state index in [2.05, 4.69) is 5.32 Å². The third-order valence-corrected chi connectivity index (χ3v) is 4.33. The van der Waals surface area contributed by atoms with Crippen LogP contribution < -0.4 is 5.32 Å². The van der Waals surface area contributed by atoms with Crippen LogP contribution in [0.2, 0.25) is 0 Å². The lowest BCUT2D eigenvalue weighted by Gasteiger charge is -2.13. The van der Waals surface area contributed by atoms with E-state index in [4.69, 9.17) is 5.11 Å². The van der Waals surface area contributed by atoms with Crippen molar-refractivity contribution < 1.29 is 24.3 Å². The molecule has 0 fully saturated rings. The Morgan fingerprint density at radius 2 is 1.63 bits per heavy atom. The van der Waals surface area contributed by atoms with E-state index in [1.807, 2.05) is 0 Å². The van der Waals surface area contributed by atoms with Crippen LogP contribution in [0.3, 0.4) is 0 Å². The van der Waals surface area contributed by atoms with Gasteiger partial charge in [-0.3, -0.25) is 19.3 Å². The lowest BCUT2D eigenvalue weighted by atomic mass is 10.1. The van der Waals surface area contributed by atoms with Crippen LogP contribution in [0.1, 0.15) is 49.5 Å². The monoisotopic (exact) mass is 366 g/mol. The summed E-state index contributed by atoms with van der Waals surface area (Å²) in [5.41, 5.74) is 1.63. The van der Waals surface area contributed by atoms with Crippen molar-refractivity contribution in [3.63, 3.8) is 0 Å². The number of aromatic carboxylic acids is 1. The average molecular weight is 366 g/mol. The van der Waals surface area contributed by atoms with Gasteiger partial charge in [-0.05, 0) is 36.2 Å². The van der Waals surface area contributed by atoms with E-state index in [0.717, 1.165) is 4.90 Å². The van der Waals surface area contributed by atoms with Gasteiger partial charge in [-0.2, -0.15) is 0 Å². The van der Waals surface area contributed by atoms with Crippen molar-refractivity contribution in [2.24, 2.45) is 0 Å². The Kier molecular flexibility index (Phi) is 5.30. The zero-order valence-corrected chi connectivity index (χ0v) is 14.5. The second-order valence-corrected chi connectivity index (χ2v) is 6.19. The Bertz CT molecular complexity index is 887. The maximum Gasteiger partial charge on any atom is 0.335 e. The number of carboxylic acids is 1. The van der Waals surface area contributed by atoms with E-state index in [1.165, 1.54) is 12.1 Å². The van der Waals surface area contributed by atoms with Crippen LogP contribution in [-0.2, 0) is 11.3 Å². The number of carbonyl (C=O) groups excluding carboxylic acids is 3. The molecule has 0 atom stereocenters. The van der Waals surface area contributed by atoms with Crippen LogP contribution in [0.4, 0.5) is 0 Å². The fraction of sp³-hybridized carbons (Fsp3) is 0.200. The summed E-state index contributed by atoms with van der Waals surface area (Å²) in [5.74, 6) is -1.92. The summed E-state index contributed by atoms with van der Waals surface area (Å²) in [7, 11) is 0. The van der Waals surface area contributed by atoms with Crippen molar-refractivity contribution in [2.75, 3.05) is 6.54 Å². The second-order valence-electron chi connectivity index (χ2n) is 6.19. The zero-order chi connectivity index (χ0) is 19.4.